The van der Waals surface area contributed by atoms with Gasteiger partial charge in [-0.3, -0.25) is 19.2 Å². The monoisotopic (exact) mass is 942 g/mol. The molecular weight excluding hydrogens is 872 g/mol. The van der Waals surface area contributed by atoms with E-state index in [1.807, 2.05) is 65.8 Å². The maximum atomic E-state index is 13.7. The molecule has 3 aromatic rings. The number of nitrogens with one attached hydrogen (secondary N) is 4. The molecule has 0 saturated carbocycles. The summed E-state index contributed by atoms with van der Waals surface area (Å²) < 4.78 is 50.6. The lowest BCUT2D eigenvalue weighted by atomic mass is 9.85. The second-order valence-electron chi connectivity index (χ2n) is 19.5. The molecule has 370 valence electrons. The van der Waals surface area contributed by atoms with Gasteiger partial charge in [-0.05, 0) is 109 Å². The Labute approximate surface area is 395 Å². The number of nitrogens with zero attached hydrogens (tertiary/aromatic N) is 3. The van der Waals surface area contributed by atoms with Crippen LogP contribution in [0, 0.1) is 10.8 Å². The molecule has 3 fully saturated rings. The summed E-state index contributed by atoms with van der Waals surface area (Å²) in [6.45, 7) is 11.6. The molecule has 6 rings (SSSR count). The van der Waals surface area contributed by atoms with Gasteiger partial charge in [0.05, 0.1) is 31.9 Å². The van der Waals surface area contributed by atoms with Gasteiger partial charge < -0.3 is 45.4 Å². The van der Waals surface area contributed by atoms with E-state index in [1.54, 1.807) is 24.3 Å². The van der Waals surface area contributed by atoms with Crippen LogP contribution in [-0.2, 0) is 34.8 Å². The minimum atomic E-state index is -4.52. The van der Waals surface area contributed by atoms with Crippen LogP contribution < -0.4 is 26.2 Å². The molecule has 0 bridgehead atoms. The zero-order valence-corrected chi connectivity index (χ0v) is 39.3. The topological polar surface area (TPSA) is 179 Å². The van der Waals surface area contributed by atoms with Crippen LogP contribution in [-0.4, -0.2) is 97.1 Å². The first kappa shape index (κ1) is 50.1. The highest BCUT2D eigenvalue weighted by Crippen LogP contribution is 2.48. The highest BCUT2D eigenvalue weighted by Gasteiger charge is 2.44. The van der Waals surface area contributed by atoms with E-state index in [1.165, 1.54) is 36.2 Å². The summed E-state index contributed by atoms with van der Waals surface area (Å²) >= 11 is 0. The van der Waals surface area contributed by atoms with Gasteiger partial charge in [0.2, 0.25) is 23.6 Å². The number of alkyl carbamates (subject to hydrolysis) is 2. The summed E-state index contributed by atoms with van der Waals surface area (Å²) in [7, 11) is 2.43. The summed E-state index contributed by atoms with van der Waals surface area (Å²) in [5.74, 6) is -1.49. The summed E-state index contributed by atoms with van der Waals surface area (Å²) in [5.41, 5.74) is 1.23. The van der Waals surface area contributed by atoms with Crippen molar-refractivity contribution in [3.8, 4) is 0 Å². The van der Waals surface area contributed by atoms with Gasteiger partial charge in [0.15, 0.2) is 0 Å². The standard InChI is InChI=1S/C49H62F3N7O8.4H2/c1-47(2,3)39(55-45(64)66-7)43(62)57-27-9-11-37(57)41(60)53-32-19-13-29(14-20-32)35-25-26-36(59(35)34-23-17-31(18-24-34)49(50,51)52)30-15-21-33(22-16-30)54-42(61)38-12-10-28-58(38)44(63)40(48(4,5)6)56-46(65)67-8;;;;/h13-24,35-40H,9-12,25-28H2,1-8H3,(H,53,60)(H,54,61)(H,55,64)(H,56,65);4*1H/t35-,36-,37-,38-,39+,40+;;;;/m0..../s1. The fourth-order valence-electron chi connectivity index (χ4n) is 9.27. The number of alkyl halides is 3. The highest BCUT2D eigenvalue weighted by atomic mass is 19.4. The summed E-state index contributed by atoms with van der Waals surface area (Å²) in [6, 6.07) is 15.7. The SMILES string of the molecule is COC(=O)N[C@H](C(=O)N1CCC[C@H]1C(=O)Nc1ccc([C@@H]2CC[C@@H](c3ccc(NC(=O)[C@@H]4CCCN4C(=O)[C@@H](NC(=O)OC)C(C)(C)C)cc3)N2c2ccc(C(F)(F)F)cc2)cc1)C(C)(C)C.[HH].[HH].[HH].[HH]. The first-order chi connectivity index (χ1) is 31.5. The van der Waals surface area contributed by atoms with Gasteiger partial charge in [-0.1, -0.05) is 65.8 Å². The lowest BCUT2D eigenvalue weighted by Gasteiger charge is -2.35. The average molecular weight is 942 g/mol. The normalized spacial score (nSPS) is 20.7. The van der Waals surface area contributed by atoms with E-state index < -0.39 is 58.9 Å². The molecule has 18 heteroatoms. The quantitative estimate of drug-likeness (QED) is 0.146. The van der Waals surface area contributed by atoms with Crippen molar-refractivity contribution in [2.75, 3.05) is 42.8 Å². The first-order valence-electron chi connectivity index (χ1n) is 22.6. The second kappa shape index (κ2) is 20.3. The first-order valence-corrected chi connectivity index (χ1v) is 22.6. The van der Waals surface area contributed by atoms with Crippen LogP contribution in [0.5, 0.6) is 0 Å². The van der Waals surface area contributed by atoms with E-state index in [4.69, 9.17) is 9.47 Å². The van der Waals surface area contributed by atoms with Crippen molar-refractivity contribution in [2.45, 2.75) is 122 Å². The van der Waals surface area contributed by atoms with E-state index in [0.29, 0.717) is 68.7 Å². The van der Waals surface area contributed by atoms with Gasteiger partial charge in [-0.15, -0.1) is 0 Å². The van der Waals surface area contributed by atoms with Gasteiger partial charge in [0.25, 0.3) is 0 Å². The van der Waals surface area contributed by atoms with Gasteiger partial charge in [-0.25, -0.2) is 9.59 Å². The molecule has 3 aliphatic heterocycles. The smallest absolute Gasteiger partial charge is 0.416 e. The maximum Gasteiger partial charge on any atom is 0.416 e. The molecule has 0 spiro atoms. The maximum absolute atomic E-state index is 13.7. The van der Waals surface area contributed by atoms with E-state index in [9.17, 15) is 41.9 Å². The van der Waals surface area contributed by atoms with Crippen molar-refractivity contribution in [1.82, 2.24) is 20.4 Å². The van der Waals surface area contributed by atoms with Crippen molar-refractivity contribution in [2.24, 2.45) is 10.8 Å². The van der Waals surface area contributed by atoms with Crippen molar-refractivity contribution in [1.29, 1.82) is 0 Å². The largest absolute Gasteiger partial charge is 0.453 e. The number of methoxy groups -OCH3 is 2. The van der Waals surface area contributed by atoms with Crippen molar-refractivity contribution in [3.63, 3.8) is 0 Å². The molecule has 4 N–H and O–H groups in total. The Morgan fingerprint density at radius 1 is 0.582 bits per heavy atom. The van der Waals surface area contributed by atoms with Crippen LogP contribution >= 0.6 is 0 Å². The van der Waals surface area contributed by atoms with Gasteiger partial charge in [0.1, 0.15) is 24.2 Å². The predicted molar refractivity (Wildman–Crippen MR) is 254 cm³/mol. The Kier molecular flexibility index (Phi) is 15.2. The summed E-state index contributed by atoms with van der Waals surface area (Å²) in [6.07, 6.45) is -2.61. The molecular formula is C49H70F3N7O8. The average Bonchev–Trinajstić information content (AvgIpc) is 4.07. The number of amides is 6. The molecule has 3 heterocycles. The number of carbonyl (C=O) groups is 6. The fraction of sp³-hybridized carbons (Fsp3) is 0.510. The Balaban J connectivity index is 0.00000432. The van der Waals surface area contributed by atoms with Crippen molar-refractivity contribution in [3.05, 3.63) is 89.5 Å². The Bertz CT molecular complexity index is 2170. The molecule has 6 amide bonds. The lowest BCUT2D eigenvalue weighted by molar-refractivity contribution is -0.140. The van der Waals surface area contributed by atoms with Gasteiger partial charge in [-0.2, -0.15) is 13.2 Å². The molecule has 6 atom stereocenters. The van der Waals surface area contributed by atoms with Crippen molar-refractivity contribution >= 4 is 52.9 Å². The van der Waals surface area contributed by atoms with E-state index >= 15 is 0 Å². The predicted octanol–water partition coefficient (Wildman–Crippen LogP) is 9.17. The molecule has 0 aromatic heterocycles. The van der Waals surface area contributed by atoms with Crippen LogP contribution in [0.4, 0.5) is 39.8 Å². The third kappa shape index (κ3) is 11.6. The number of likely N-dealkylation sites (tertiary alicyclic amines) is 2. The molecule has 0 unspecified atom stereocenters. The summed E-state index contributed by atoms with van der Waals surface area (Å²) in [4.78, 5) is 84.2. The Hall–Kier alpha value is -6.33. The minimum absolute atomic E-state index is 0. The van der Waals surface area contributed by atoms with E-state index in [2.05, 4.69) is 26.2 Å². The van der Waals surface area contributed by atoms with Crippen LogP contribution in [0.25, 0.3) is 0 Å². The number of hydrogen-bond acceptors (Lipinski definition) is 9. The number of carbonyl (C=O) groups excluding carboxylic acids is 6. The molecule has 0 aliphatic carbocycles. The molecule has 3 saturated heterocycles. The third-order valence-electron chi connectivity index (χ3n) is 12.8. The number of ether oxygens (including phenoxy) is 2. The lowest BCUT2D eigenvalue weighted by Crippen LogP contribution is -2.57. The van der Waals surface area contributed by atoms with Crippen LogP contribution in [0.3, 0.4) is 0 Å². The number of rotatable bonds is 11. The van der Waals surface area contributed by atoms with Crippen LogP contribution in [0.1, 0.15) is 115 Å². The fourth-order valence-corrected chi connectivity index (χ4v) is 9.27. The molecule has 67 heavy (non-hydrogen) atoms. The Morgan fingerprint density at radius 3 is 1.28 bits per heavy atom. The van der Waals surface area contributed by atoms with Crippen LogP contribution in [0.2, 0.25) is 0 Å². The molecule has 3 aromatic carbocycles. The van der Waals surface area contributed by atoms with Gasteiger partial charge >= 0.3 is 18.4 Å². The number of anilines is 3. The molecule has 0 radical (unpaired) electrons. The second-order valence-corrected chi connectivity index (χ2v) is 19.5. The number of halogens is 3. The zero-order chi connectivity index (χ0) is 49.0. The van der Waals surface area contributed by atoms with E-state index in [0.717, 1.165) is 23.3 Å². The minimum Gasteiger partial charge on any atom is -0.453 e. The molecule has 15 nitrogen and oxygen atoms in total. The van der Waals surface area contributed by atoms with E-state index in [-0.39, 0.29) is 41.4 Å². The van der Waals surface area contributed by atoms with Gasteiger partial charge in [0, 0.05) is 35.9 Å². The summed E-state index contributed by atoms with van der Waals surface area (Å²) in [5, 5.41) is 11.1. The third-order valence-corrected chi connectivity index (χ3v) is 12.8. The number of benzene rings is 3. The van der Waals surface area contributed by atoms with Crippen molar-refractivity contribution < 1.29 is 57.1 Å². The Morgan fingerprint density at radius 2 is 0.955 bits per heavy atom. The highest BCUT2D eigenvalue weighted by molar-refractivity contribution is 6.00. The number of hydrogen-bond donors (Lipinski definition) is 4. The molecule has 3 aliphatic rings. The van der Waals surface area contributed by atoms with Crippen LogP contribution in [0.15, 0.2) is 72.8 Å². The zero-order valence-electron chi connectivity index (χ0n) is 39.3.